The topological polar surface area (TPSA) is 76.6 Å². The van der Waals surface area contributed by atoms with E-state index in [4.69, 9.17) is 14.5 Å². The van der Waals surface area contributed by atoms with Gasteiger partial charge in [-0.2, -0.15) is 0 Å². The van der Waals surface area contributed by atoms with Crippen LogP contribution in [0.25, 0.3) is 11.0 Å². The molecule has 0 saturated carbocycles. The van der Waals surface area contributed by atoms with Crippen LogP contribution >= 0.6 is 0 Å². The van der Waals surface area contributed by atoms with Crippen molar-refractivity contribution < 1.29 is 14.3 Å². The average molecular weight is 358 g/mol. The number of carbonyl (C=O) groups is 1. The van der Waals surface area contributed by atoms with Crippen molar-refractivity contribution in [1.29, 1.82) is 0 Å². The highest BCUT2D eigenvalue weighted by Gasteiger charge is 2.29. The zero-order valence-corrected chi connectivity index (χ0v) is 15.8. The fraction of sp³-hybridized carbons (Fsp3) is 0.526. The zero-order chi connectivity index (χ0) is 18.7. The van der Waals surface area contributed by atoms with Gasteiger partial charge in [0, 0.05) is 13.1 Å². The maximum Gasteiger partial charge on any atom is 0.407 e. The van der Waals surface area contributed by atoms with Crippen molar-refractivity contribution in [3.8, 4) is 5.88 Å². The molecule has 0 aliphatic carbocycles. The van der Waals surface area contributed by atoms with E-state index >= 15 is 0 Å². The summed E-state index contributed by atoms with van der Waals surface area (Å²) in [5.74, 6) is 1.25. The molecule has 1 fully saturated rings. The number of hydrogen-bond donors (Lipinski definition) is 1. The maximum absolute atomic E-state index is 12.0. The van der Waals surface area contributed by atoms with Crippen molar-refractivity contribution in [3.05, 3.63) is 24.3 Å². The van der Waals surface area contributed by atoms with Crippen LogP contribution in [0.1, 0.15) is 34.1 Å². The molecule has 7 heteroatoms. The normalized spacial score (nSPS) is 17.4. The third kappa shape index (κ3) is 4.33. The molecule has 2 heterocycles. The van der Waals surface area contributed by atoms with Gasteiger partial charge in [-0.1, -0.05) is 12.1 Å². The second-order valence-corrected chi connectivity index (χ2v) is 7.35. The SMILES string of the molecule is CCOc1nc2ccccc2nc1N1CC[C@H](NC(=O)OC(C)(C)C)C1. The van der Waals surface area contributed by atoms with Crippen molar-refractivity contribution in [2.24, 2.45) is 0 Å². The zero-order valence-electron chi connectivity index (χ0n) is 15.8. The quantitative estimate of drug-likeness (QED) is 0.905. The second kappa shape index (κ2) is 7.35. The third-order valence-corrected chi connectivity index (χ3v) is 4.01. The summed E-state index contributed by atoms with van der Waals surface area (Å²) in [6.45, 7) is 9.43. The highest BCUT2D eigenvalue weighted by Crippen LogP contribution is 2.29. The van der Waals surface area contributed by atoms with Gasteiger partial charge in [0.05, 0.1) is 23.7 Å². The Kier molecular flexibility index (Phi) is 5.15. The number of rotatable bonds is 4. The molecule has 3 rings (SSSR count). The van der Waals surface area contributed by atoms with E-state index in [9.17, 15) is 4.79 Å². The Morgan fingerprint density at radius 3 is 2.62 bits per heavy atom. The van der Waals surface area contributed by atoms with Crippen LogP contribution in [-0.2, 0) is 4.74 Å². The van der Waals surface area contributed by atoms with E-state index in [1.54, 1.807) is 0 Å². The number of ether oxygens (including phenoxy) is 2. The van der Waals surface area contributed by atoms with Crippen molar-refractivity contribution in [2.75, 3.05) is 24.6 Å². The van der Waals surface area contributed by atoms with Crippen LogP contribution in [0.4, 0.5) is 10.6 Å². The molecule has 1 aromatic heterocycles. The van der Waals surface area contributed by atoms with Gasteiger partial charge in [0.2, 0.25) is 0 Å². The van der Waals surface area contributed by atoms with Crippen molar-refractivity contribution >= 4 is 22.9 Å². The van der Waals surface area contributed by atoms with E-state index in [2.05, 4.69) is 15.2 Å². The largest absolute Gasteiger partial charge is 0.475 e. The first-order valence-corrected chi connectivity index (χ1v) is 9.00. The molecule has 1 aromatic carbocycles. The molecule has 1 N–H and O–H groups in total. The highest BCUT2D eigenvalue weighted by molar-refractivity contribution is 5.77. The maximum atomic E-state index is 12.0. The first-order valence-electron chi connectivity index (χ1n) is 9.00. The minimum atomic E-state index is -0.506. The Morgan fingerprint density at radius 1 is 1.27 bits per heavy atom. The van der Waals surface area contributed by atoms with Gasteiger partial charge in [0.1, 0.15) is 5.60 Å². The van der Waals surface area contributed by atoms with Crippen molar-refractivity contribution in [2.45, 2.75) is 45.8 Å². The Hall–Kier alpha value is -2.57. The summed E-state index contributed by atoms with van der Waals surface area (Å²) in [7, 11) is 0. The molecule has 0 radical (unpaired) electrons. The van der Waals surface area contributed by atoms with Gasteiger partial charge in [-0.3, -0.25) is 0 Å². The monoisotopic (exact) mass is 358 g/mol. The number of hydrogen-bond acceptors (Lipinski definition) is 6. The predicted octanol–water partition coefficient (Wildman–Crippen LogP) is 3.13. The van der Waals surface area contributed by atoms with E-state index in [1.807, 2.05) is 52.0 Å². The molecule has 1 aliphatic rings. The number of para-hydroxylation sites is 2. The second-order valence-electron chi connectivity index (χ2n) is 7.35. The smallest absolute Gasteiger partial charge is 0.407 e. The van der Waals surface area contributed by atoms with Crippen LogP contribution in [0.15, 0.2) is 24.3 Å². The van der Waals surface area contributed by atoms with Crippen LogP contribution in [0, 0.1) is 0 Å². The molecule has 1 aliphatic heterocycles. The number of fused-ring (bicyclic) bond motifs is 1. The molecular formula is C19H26N4O3. The molecular weight excluding hydrogens is 332 g/mol. The van der Waals surface area contributed by atoms with Gasteiger partial charge in [-0.25, -0.2) is 14.8 Å². The predicted molar refractivity (Wildman–Crippen MR) is 101 cm³/mol. The number of alkyl carbamates (subject to hydrolysis) is 1. The molecule has 1 atom stereocenters. The summed E-state index contributed by atoms with van der Waals surface area (Å²) in [4.78, 5) is 23.4. The molecule has 0 unspecified atom stereocenters. The summed E-state index contributed by atoms with van der Waals surface area (Å²) >= 11 is 0. The molecule has 1 amide bonds. The van der Waals surface area contributed by atoms with E-state index in [-0.39, 0.29) is 12.1 Å². The third-order valence-electron chi connectivity index (χ3n) is 4.01. The highest BCUT2D eigenvalue weighted by atomic mass is 16.6. The molecule has 26 heavy (non-hydrogen) atoms. The van der Waals surface area contributed by atoms with Gasteiger partial charge in [-0.15, -0.1) is 0 Å². The van der Waals surface area contributed by atoms with Crippen molar-refractivity contribution in [3.63, 3.8) is 0 Å². The summed E-state index contributed by atoms with van der Waals surface area (Å²) in [6.07, 6.45) is 0.429. The lowest BCUT2D eigenvalue weighted by Gasteiger charge is -2.22. The number of anilines is 1. The molecule has 1 saturated heterocycles. The molecule has 7 nitrogen and oxygen atoms in total. The minimum Gasteiger partial charge on any atom is -0.475 e. The Balaban J connectivity index is 1.75. The van der Waals surface area contributed by atoms with Crippen LogP contribution < -0.4 is 15.0 Å². The van der Waals surface area contributed by atoms with E-state index in [1.165, 1.54) is 0 Å². The van der Waals surface area contributed by atoms with Crippen LogP contribution in [-0.4, -0.2) is 47.4 Å². The molecule has 0 bridgehead atoms. The van der Waals surface area contributed by atoms with Crippen LogP contribution in [0.5, 0.6) is 5.88 Å². The van der Waals surface area contributed by atoms with E-state index < -0.39 is 5.60 Å². The fourth-order valence-corrected chi connectivity index (χ4v) is 2.96. The average Bonchev–Trinajstić information content (AvgIpc) is 3.01. The van der Waals surface area contributed by atoms with Crippen LogP contribution in [0.3, 0.4) is 0 Å². The first kappa shape index (κ1) is 18.2. The first-order chi connectivity index (χ1) is 12.4. The number of nitrogens with one attached hydrogen (secondary N) is 1. The van der Waals surface area contributed by atoms with Gasteiger partial charge >= 0.3 is 6.09 Å². The van der Waals surface area contributed by atoms with Gasteiger partial charge in [0.25, 0.3) is 5.88 Å². The number of benzene rings is 1. The summed E-state index contributed by atoms with van der Waals surface area (Å²) in [5, 5.41) is 2.93. The Labute approximate surface area is 153 Å². The van der Waals surface area contributed by atoms with E-state index in [0.29, 0.717) is 19.0 Å². The lowest BCUT2D eigenvalue weighted by atomic mass is 10.2. The van der Waals surface area contributed by atoms with Gasteiger partial charge < -0.3 is 19.7 Å². The summed E-state index contributed by atoms with van der Waals surface area (Å²) < 4.78 is 11.1. The van der Waals surface area contributed by atoms with Gasteiger partial charge in [0.15, 0.2) is 5.82 Å². The number of nitrogens with zero attached hydrogens (tertiary/aromatic N) is 3. The lowest BCUT2D eigenvalue weighted by molar-refractivity contribution is 0.0509. The summed E-state index contributed by atoms with van der Waals surface area (Å²) in [5.41, 5.74) is 1.13. The molecule has 2 aromatic rings. The van der Waals surface area contributed by atoms with Gasteiger partial charge in [-0.05, 0) is 46.2 Å². The van der Waals surface area contributed by atoms with Crippen LogP contribution in [0.2, 0.25) is 0 Å². The summed E-state index contributed by atoms with van der Waals surface area (Å²) in [6, 6.07) is 7.74. The Bertz CT molecular complexity index is 788. The van der Waals surface area contributed by atoms with Crippen molar-refractivity contribution in [1.82, 2.24) is 15.3 Å². The number of amides is 1. The lowest BCUT2D eigenvalue weighted by Crippen LogP contribution is -2.40. The molecule has 0 spiro atoms. The standard InChI is InChI=1S/C19H26N4O3/c1-5-25-17-16(21-14-8-6-7-9-15(14)22-17)23-11-10-13(12-23)20-18(24)26-19(2,3)4/h6-9,13H,5,10-12H2,1-4H3,(H,20,24)/t13-/m0/s1. The minimum absolute atomic E-state index is 0.00703. The number of carbonyl (C=O) groups excluding carboxylic acids is 1. The van der Waals surface area contributed by atoms with E-state index in [0.717, 1.165) is 29.8 Å². The fourth-order valence-electron chi connectivity index (χ4n) is 2.96. The number of aromatic nitrogens is 2. The Morgan fingerprint density at radius 2 is 1.96 bits per heavy atom. The molecule has 140 valence electrons.